The van der Waals surface area contributed by atoms with Crippen molar-refractivity contribution in [1.82, 2.24) is 25.5 Å². The van der Waals surface area contributed by atoms with Crippen LogP contribution in [0.3, 0.4) is 0 Å². The molecule has 1 amide bonds. The zero-order valence-electron chi connectivity index (χ0n) is 13.6. The number of hydrogen-bond acceptors (Lipinski definition) is 5. The van der Waals surface area contributed by atoms with Crippen LogP contribution in [-0.4, -0.2) is 26.1 Å². The van der Waals surface area contributed by atoms with E-state index in [-0.39, 0.29) is 12.4 Å². The van der Waals surface area contributed by atoms with Crippen molar-refractivity contribution in [1.29, 1.82) is 0 Å². The van der Waals surface area contributed by atoms with E-state index < -0.39 is 28.9 Å². The van der Waals surface area contributed by atoms with Gasteiger partial charge >= 0.3 is 6.18 Å². The van der Waals surface area contributed by atoms with Crippen LogP contribution in [0.4, 0.5) is 13.2 Å². The normalized spacial score (nSPS) is 11.2. The summed E-state index contributed by atoms with van der Waals surface area (Å²) in [5.74, 6) is -0.684. The molecule has 0 atom stereocenters. The van der Waals surface area contributed by atoms with Gasteiger partial charge in [0.1, 0.15) is 5.69 Å². The summed E-state index contributed by atoms with van der Waals surface area (Å²) in [5.41, 5.74) is -1.17. The molecular formula is C17H12F3N5O2. The number of pyridine rings is 1. The molecule has 10 heteroatoms. The molecule has 2 heterocycles. The summed E-state index contributed by atoms with van der Waals surface area (Å²) in [4.78, 5) is 30.6. The third kappa shape index (κ3) is 4.35. The van der Waals surface area contributed by atoms with Crippen molar-refractivity contribution in [2.45, 2.75) is 12.7 Å². The summed E-state index contributed by atoms with van der Waals surface area (Å²) in [7, 11) is 0. The number of alkyl halides is 3. The zero-order valence-corrected chi connectivity index (χ0v) is 13.6. The van der Waals surface area contributed by atoms with Gasteiger partial charge in [0.2, 0.25) is 5.69 Å². The first-order valence-electron chi connectivity index (χ1n) is 7.67. The average Bonchev–Trinajstić information content (AvgIpc) is 2.66. The second-order valence-corrected chi connectivity index (χ2v) is 5.44. The van der Waals surface area contributed by atoms with Crippen LogP contribution >= 0.6 is 0 Å². The number of H-pyrrole nitrogens is 1. The van der Waals surface area contributed by atoms with Crippen molar-refractivity contribution >= 4 is 5.91 Å². The summed E-state index contributed by atoms with van der Waals surface area (Å²) >= 11 is 0. The van der Waals surface area contributed by atoms with E-state index in [0.29, 0.717) is 11.3 Å². The molecule has 3 aromatic rings. The van der Waals surface area contributed by atoms with Crippen molar-refractivity contribution < 1.29 is 18.0 Å². The maximum atomic E-state index is 12.5. The molecule has 7 nitrogen and oxygen atoms in total. The highest BCUT2D eigenvalue weighted by molar-refractivity contribution is 5.91. The molecule has 27 heavy (non-hydrogen) atoms. The number of rotatable bonds is 4. The van der Waals surface area contributed by atoms with Gasteiger partial charge < -0.3 is 10.3 Å². The Morgan fingerprint density at radius 2 is 1.81 bits per heavy atom. The predicted molar refractivity (Wildman–Crippen MR) is 88.5 cm³/mol. The fraction of sp³-hybridized carbons (Fsp3) is 0.118. The third-order valence-electron chi connectivity index (χ3n) is 3.55. The Kier molecular flexibility index (Phi) is 4.97. The van der Waals surface area contributed by atoms with Gasteiger partial charge in [-0.3, -0.25) is 14.6 Å². The Morgan fingerprint density at radius 1 is 1.07 bits per heavy atom. The van der Waals surface area contributed by atoms with Crippen molar-refractivity contribution in [2.24, 2.45) is 0 Å². The molecule has 0 aliphatic heterocycles. The number of carbonyl (C=O) groups excluding carboxylic acids is 1. The number of amides is 1. The van der Waals surface area contributed by atoms with E-state index in [1.807, 2.05) is 0 Å². The van der Waals surface area contributed by atoms with Gasteiger partial charge in [-0.15, -0.1) is 10.2 Å². The lowest BCUT2D eigenvalue weighted by Crippen LogP contribution is -2.31. The van der Waals surface area contributed by atoms with E-state index in [1.54, 1.807) is 18.2 Å². The Hall–Kier alpha value is -3.56. The first-order valence-corrected chi connectivity index (χ1v) is 7.67. The van der Waals surface area contributed by atoms with Crippen molar-refractivity contribution in [3.63, 3.8) is 0 Å². The molecule has 0 aliphatic rings. The van der Waals surface area contributed by atoms with E-state index in [4.69, 9.17) is 0 Å². The quantitative estimate of drug-likeness (QED) is 0.728. The van der Waals surface area contributed by atoms with Crippen molar-refractivity contribution in [2.75, 3.05) is 0 Å². The summed E-state index contributed by atoms with van der Waals surface area (Å²) < 4.78 is 37.6. The highest BCUT2D eigenvalue weighted by Crippen LogP contribution is 2.29. The highest BCUT2D eigenvalue weighted by atomic mass is 19.4. The van der Waals surface area contributed by atoms with E-state index >= 15 is 0 Å². The van der Waals surface area contributed by atoms with Crippen LogP contribution in [0.15, 0.2) is 53.5 Å². The standard InChI is InChI=1S/C17H12F3N5O2/c18-17(19,20)11-6-4-10(5-7-11)9-22-15(26)13-16(27)23-14(25-24-13)12-3-1-2-8-21-12/h1-8H,9H2,(H,22,26)(H,23,25,27). The van der Waals surface area contributed by atoms with E-state index in [9.17, 15) is 22.8 Å². The molecule has 0 spiro atoms. The van der Waals surface area contributed by atoms with Gasteiger partial charge in [0, 0.05) is 12.7 Å². The smallest absolute Gasteiger partial charge is 0.346 e. The summed E-state index contributed by atoms with van der Waals surface area (Å²) in [5, 5.41) is 9.80. The average molecular weight is 375 g/mol. The molecule has 1 aromatic carbocycles. The van der Waals surface area contributed by atoms with Crippen molar-refractivity contribution in [3.8, 4) is 11.5 Å². The summed E-state index contributed by atoms with van der Waals surface area (Å²) in [6.45, 7) is -0.0694. The fourth-order valence-electron chi connectivity index (χ4n) is 2.18. The van der Waals surface area contributed by atoms with Crippen molar-refractivity contribution in [3.05, 3.63) is 75.8 Å². The molecule has 0 saturated carbocycles. The maximum absolute atomic E-state index is 12.5. The van der Waals surface area contributed by atoms with E-state index in [2.05, 4.69) is 25.5 Å². The topological polar surface area (TPSA) is 101 Å². The van der Waals surface area contributed by atoms with Crippen LogP contribution in [0.2, 0.25) is 0 Å². The van der Waals surface area contributed by atoms with E-state index in [1.165, 1.54) is 18.3 Å². The number of halogens is 3. The zero-order chi connectivity index (χ0) is 19.4. The first-order chi connectivity index (χ1) is 12.8. The number of hydrogen-bond donors (Lipinski definition) is 2. The van der Waals surface area contributed by atoms with Gasteiger partial charge in [-0.25, -0.2) is 0 Å². The van der Waals surface area contributed by atoms with Crippen LogP contribution in [0.1, 0.15) is 21.6 Å². The molecular weight excluding hydrogens is 363 g/mol. The van der Waals surface area contributed by atoms with Crippen LogP contribution < -0.4 is 10.9 Å². The highest BCUT2D eigenvalue weighted by Gasteiger charge is 2.29. The molecule has 0 fully saturated rings. The Labute approximate surface area is 150 Å². The molecule has 0 radical (unpaired) electrons. The molecule has 2 N–H and O–H groups in total. The number of aromatic nitrogens is 4. The molecule has 0 bridgehead atoms. The van der Waals surface area contributed by atoms with Crippen LogP contribution in [-0.2, 0) is 12.7 Å². The number of carbonyl (C=O) groups is 1. The van der Waals surface area contributed by atoms with Gasteiger partial charge in [-0.05, 0) is 29.8 Å². The molecule has 2 aromatic heterocycles. The molecule has 0 saturated heterocycles. The van der Waals surface area contributed by atoms with Gasteiger partial charge in [0.25, 0.3) is 11.5 Å². The van der Waals surface area contributed by atoms with Gasteiger partial charge in [0.15, 0.2) is 5.82 Å². The number of nitrogens with one attached hydrogen (secondary N) is 2. The monoisotopic (exact) mass is 375 g/mol. The van der Waals surface area contributed by atoms with Crippen LogP contribution in [0.25, 0.3) is 11.5 Å². The minimum Gasteiger partial charge on any atom is -0.346 e. The Bertz CT molecular complexity index is 1000. The second-order valence-electron chi connectivity index (χ2n) is 5.44. The van der Waals surface area contributed by atoms with Crippen LogP contribution in [0.5, 0.6) is 0 Å². The minimum atomic E-state index is -4.43. The first kappa shape index (κ1) is 18.2. The largest absolute Gasteiger partial charge is 0.416 e. The second kappa shape index (κ2) is 7.36. The summed E-state index contributed by atoms with van der Waals surface area (Å²) in [6.07, 6.45) is -2.92. The van der Waals surface area contributed by atoms with Gasteiger partial charge in [-0.1, -0.05) is 18.2 Å². The molecule has 3 rings (SSSR count). The number of nitrogens with zero attached hydrogens (tertiary/aromatic N) is 3. The number of aromatic amines is 1. The van der Waals surface area contributed by atoms with Crippen LogP contribution in [0, 0.1) is 0 Å². The maximum Gasteiger partial charge on any atom is 0.416 e. The Balaban J connectivity index is 1.69. The molecule has 138 valence electrons. The lowest BCUT2D eigenvalue weighted by molar-refractivity contribution is -0.137. The minimum absolute atomic E-state index is 0.0694. The lowest BCUT2D eigenvalue weighted by atomic mass is 10.1. The molecule has 0 aliphatic carbocycles. The lowest BCUT2D eigenvalue weighted by Gasteiger charge is -2.08. The Morgan fingerprint density at radius 3 is 2.41 bits per heavy atom. The third-order valence-corrected chi connectivity index (χ3v) is 3.55. The number of benzene rings is 1. The summed E-state index contributed by atoms with van der Waals surface area (Å²) in [6, 6.07) is 9.31. The van der Waals surface area contributed by atoms with Gasteiger partial charge in [-0.2, -0.15) is 13.2 Å². The molecule has 0 unspecified atom stereocenters. The fourth-order valence-corrected chi connectivity index (χ4v) is 2.18. The SMILES string of the molecule is O=C(NCc1ccc(C(F)(F)F)cc1)c1nnc(-c2ccccn2)[nH]c1=O. The van der Waals surface area contributed by atoms with E-state index in [0.717, 1.165) is 12.1 Å². The predicted octanol–water partition coefficient (Wildman–Crippen LogP) is 2.18. The van der Waals surface area contributed by atoms with Gasteiger partial charge in [0.05, 0.1) is 5.56 Å².